The van der Waals surface area contributed by atoms with Gasteiger partial charge in [0.15, 0.2) is 0 Å². The smallest absolute Gasteiger partial charge is 0.0541 e. The molecule has 0 amide bonds. The number of nitrogens with zero attached hydrogens (tertiary/aromatic N) is 2. The Kier molecular flexibility index (Phi) is 7.53. The topological polar surface area (TPSA) is 9.86 Å². The average Bonchev–Trinajstić information content (AvgIpc) is 3.79. The van der Waals surface area contributed by atoms with Gasteiger partial charge in [-0.25, -0.2) is 0 Å². The zero-order chi connectivity index (χ0) is 37.0. The predicted octanol–water partition coefficient (Wildman–Crippen LogP) is 14.5. The average molecular weight is 713 g/mol. The quantitative estimate of drug-likeness (QED) is 0.162. The Bertz CT molecular complexity index is 3200. The normalized spacial score (nSPS) is 11.6. The minimum atomic E-state index is 1.17. The molecule has 0 fully saturated rings. The first-order valence-corrected chi connectivity index (χ1v) is 19.3. The van der Waals surface area contributed by atoms with Gasteiger partial charge in [0.05, 0.1) is 27.8 Å². The molecule has 11 rings (SSSR count). The highest BCUT2D eigenvalue weighted by atomic mass is 15.0. The largest absolute Gasteiger partial charge is 0.309 e. The van der Waals surface area contributed by atoms with E-state index in [9.17, 15) is 0 Å². The van der Waals surface area contributed by atoms with Crippen LogP contribution in [0.15, 0.2) is 218 Å². The second-order valence-electron chi connectivity index (χ2n) is 14.5. The Balaban J connectivity index is 0.994. The highest BCUT2D eigenvalue weighted by Gasteiger charge is 2.18. The molecule has 56 heavy (non-hydrogen) atoms. The molecule has 0 bridgehead atoms. The van der Waals surface area contributed by atoms with Crippen molar-refractivity contribution in [1.82, 2.24) is 9.13 Å². The summed E-state index contributed by atoms with van der Waals surface area (Å²) in [4.78, 5) is 0. The summed E-state index contributed by atoms with van der Waals surface area (Å²) in [7, 11) is 0. The Morgan fingerprint density at radius 2 is 0.625 bits per heavy atom. The lowest BCUT2D eigenvalue weighted by Crippen LogP contribution is -1.97. The van der Waals surface area contributed by atoms with Gasteiger partial charge in [-0.2, -0.15) is 0 Å². The summed E-state index contributed by atoms with van der Waals surface area (Å²) in [5.74, 6) is 0. The zero-order valence-corrected chi connectivity index (χ0v) is 30.7. The van der Waals surface area contributed by atoms with Gasteiger partial charge in [0.2, 0.25) is 0 Å². The van der Waals surface area contributed by atoms with Gasteiger partial charge < -0.3 is 9.13 Å². The van der Waals surface area contributed by atoms with Crippen LogP contribution in [0.1, 0.15) is 0 Å². The molecule has 0 unspecified atom stereocenters. The fourth-order valence-electron chi connectivity index (χ4n) is 8.66. The minimum Gasteiger partial charge on any atom is -0.309 e. The van der Waals surface area contributed by atoms with Gasteiger partial charge in [-0.05, 0) is 93.5 Å². The van der Waals surface area contributed by atoms with Gasteiger partial charge in [0.25, 0.3) is 0 Å². The maximum absolute atomic E-state index is 2.44. The van der Waals surface area contributed by atoms with Gasteiger partial charge in [-0.1, -0.05) is 164 Å². The third-order valence-electron chi connectivity index (χ3n) is 11.4. The third kappa shape index (κ3) is 5.26. The minimum absolute atomic E-state index is 1.17. The molecule has 0 N–H and O–H groups in total. The lowest BCUT2D eigenvalue weighted by Gasteiger charge is -2.15. The van der Waals surface area contributed by atoms with E-state index in [-0.39, 0.29) is 0 Å². The zero-order valence-electron chi connectivity index (χ0n) is 30.7. The van der Waals surface area contributed by atoms with Crippen molar-refractivity contribution in [2.75, 3.05) is 0 Å². The van der Waals surface area contributed by atoms with Crippen molar-refractivity contribution >= 4 is 43.6 Å². The van der Waals surface area contributed by atoms with Gasteiger partial charge in [-0.3, -0.25) is 0 Å². The maximum Gasteiger partial charge on any atom is 0.0541 e. The van der Waals surface area contributed by atoms with Gasteiger partial charge in [0, 0.05) is 32.8 Å². The van der Waals surface area contributed by atoms with E-state index in [0.29, 0.717) is 0 Å². The molecule has 2 heteroatoms. The number of aromatic nitrogens is 2. The standard InChI is InChI=1S/C54H36N2/c1-3-13-37(14-4-1)38-23-25-39(26-24-38)40-27-29-41(30-28-40)45-17-7-10-20-50(45)56-52-22-12-9-19-47(52)49-36-43(32-34-54(49)56)42-31-33-53-48(35-42)46-18-8-11-21-51(46)55(53)44-15-5-2-6-16-44/h1-36H. The van der Waals surface area contributed by atoms with Crippen LogP contribution in [0.5, 0.6) is 0 Å². The molecule has 0 aliphatic carbocycles. The van der Waals surface area contributed by atoms with E-state index in [0.717, 1.165) is 0 Å². The molecular formula is C54H36N2. The Morgan fingerprint density at radius 3 is 1.21 bits per heavy atom. The molecule has 9 aromatic carbocycles. The summed E-state index contributed by atoms with van der Waals surface area (Å²) >= 11 is 0. The number of fused-ring (bicyclic) bond motifs is 6. The number of para-hydroxylation sites is 4. The van der Waals surface area contributed by atoms with Crippen LogP contribution < -0.4 is 0 Å². The second-order valence-corrected chi connectivity index (χ2v) is 14.5. The van der Waals surface area contributed by atoms with Crippen LogP contribution in [0.2, 0.25) is 0 Å². The molecular weight excluding hydrogens is 677 g/mol. The van der Waals surface area contributed by atoms with E-state index in [1.54, 1.807) is 0 Å². The van der Waals surface area contributed by atoms with E-state index < -0.39 is 0 Å². The van der Waals surface area contributed by atoms with Crippen LogP contribution in [-0.2, 0) is 0 Å². The molecule has 0 spiro atoms. The van der Waals surface area contributed by atoms with E-state index in [1.165, 1.54) is 99.5 Å². The van der Waals surface area contributed by atoms with Crippen LogP contribution in [0.3, 0.4) is 0 Å². The monoisotopic (exact) mass is 712 g/mol. The molecule has 11 aromatic rings. The van der Waals surface area contributed by atoms with Crippen LogP contribution in [-0.4, -0.2) is 9.13 Å². The Labute approximate surface area is 325 Å². The molecule has 0 aliphatic rings. The summed E-state index contributed by atoms with van der Waals surface area (Å²) in [5.41, 5.74) is 16.9. The van der Waals surface area contributed by atoms with Gasteiger partial charge in [-0.15, -0.1) is 0 Å². The van der Waals surface area contributed by atoms with Gasteiger partial charge in [0.1, 0.15) is 0 Å². The first kappa shape index (κ1) is 32.0. The lowest BCUT2D eigenvalue weighted by atomic mass is 9.97. The number of benzene rings is 9. The van der Waals surface area contributed by atoms with Crippen molar-refractivity contribution in [2.24, 2.45) is 0 Å². The van der Waals surface area contributed by atoms with Crippen molar-refractivity contribution in [3.63, 3.8) is 0 Å². The molecule has 262 valence electrons. The summed E-state index contributed by atoms with van der Waals surface area (Å²) in [5, 5.41) is 5.01. The van der Waals surface area contributed by atoms with Crippen LogP contribution in [0.25, 0.3) is 99.5 Å². The number of hydrogen-bond donors (Lipinski definition) is 0. The molecule has 0 saturated carbocycles. The third-order valence-corrected chi connectivity index (χ3v) is 11.4. The van der Waals surface area contributed by atoms with E-state index in [2.05, 4.69) is 228 Å². The van der Waals surface area contributed by atoms with E-state index in [4.69, 9.17) is 0 Å². The fraction of sp³-hybridized carbons (Fsp3) is 0. The van der Waals surface area contributed by atoms with Crippen molar-refractivity contribution in [2.45, 2.75) is 0 Å². The summed E-state index contributed by atoms with van der Waals surface area (Å²) < 4.78 is 4.82. The van der Waals surface area contributed by atoms with Crippen molar-refractivity contribution < 1.29 is 0 Å². The van der Waals surface area contributed by atoms with Crippen LogP contribution in [0, 0.1) is 0 Å². The highest BCUT2D eigenvalue weighted by Crippen LogP contribution is 2.40. The van der Waals surface area contributed by atoms with E-state index in [1.807, 2.05) is 0 Å². The molecule has 2 heterocycles. The van der Waals surface area contributed by atoms with Crippen molar-refractivity contribution in [3.8, 4) is 55.9 Å². The second kappa shape index (κ2) is 13.2. The molecule has 0 saturated heterocycles. The number of rotatable bonds is 6. The van der Waals surface area contributed by atoms with Crippen molar-refractivity contribution in [1.29, 1.82) is 0 Å². The SMILES string of the molecule is c1ccc(-c2ccc(-c3ccc(-c4ccccc4-n4c5ccccc5c5cc(-c6ccc7c(c6)c6ccccc6n7-c6ccccc6)ccc54)cc3)cc2)cc1. The first-order chi connectivity index (χ1) is 27.8. The van der Waals surface area contributed by atoms with Gasteiger partial charge >= 0.3 is 0 Å². The predicted molar refractivity (Wildman–Crippen MR) is 237 cm³/mol. The molecule has 2 nitrogen and oxygen atoms in total. The summed E-state index contributed by atoms with van der Waals surface area (Å²) in [6, 6.07) is 79.3. The molecule has 0 atom stereocenters. The van der Waals surface area contributed by atoms with Crippen LogP contribution >= 0.6 is 0 Å². The van der Waals surface area contributed by atoms with Crippen LogP contribution in [0.4, 0.5) is 0 Å². The summed E-state index contributed by atoms with van der Waals surface area (Å²) in [6.07, 6.45) is 0. The molecule has 2 aromatic heterocycles. The van der Waals surface area contributed by atoms with E-state index >= 15 is 0 Å². The Hall–Kier alpha value is -7.42. The molecule has 0 radical (unpaired) electrons. The first-order valence-electron chi connectivity index (χ1n) is 19.3. The molecule has 0 aliphatic heterocycles. The number of hydrogen-bond acceptors (Lipinski definition) is 0. The fourth-order valence-corrected chi connectivity index (χ4v) is 8.66. The lowest BCUT2D eigenvalue weighted by molar-refractivity contribution is 1.18. The highest BCUT2D eigenvalue weighted by molar-refractivity contribution is 6.13. The summed E-state index contributed by atoms with van der Waals surface area (Å²) in [6.45, 7) is 0. The Morgan fingerprint density at radius 1 is 0.232 bits per heavy atom. The van der Waals surface area contributed by atoms with Crippen molar-refractivity contribution in [3.05, 3.63) is 218 Å². The maximum atomic E-state index is 2.44.